The van der Waals surface area contributed by atoms with Crippen molar-refractivity contribution in [3.63, 3.8) is 0 Å². The van der Waals surface area contributed by atoms with Crippen LogP contribution in [0.25, 0.3) is 0 Å². The number of ether oxygens (including phenoxy) is 5. The number of aliphatic hydroxyl groups excluding tert-OH is 1. The Bertz CT molecular complexity index is 1170. The molecule has 7 aliphatic rings. The third-order valence-electron chi connectivity index (χ3n) is 11.0. The molecule has 10 atom stereocenters. The van der Waals surface area contributed by atoms with Gasteiger partial charge in [-0.25, -0.2) is 9.59 Å². The second-order valence-corrected chi connectivity index (χ2v) is 12.6. The number of ketones is 1. The van der Waals surface area contributed by atoms with Crippen LogP contribution in [0.3, 0.4) is 0 Å². The molecule has 10 nitrogen and oxygen atoms in total. The lowest BCUT2D eigenvalue weighted by Gasteiger charge is -2.65. The maximum absolute atomic E-state index is 14.3. The molecular weight excluding hydrogens is 472 g/mol. The lowest BCUT2D eigenvalue weighted by molar-refractivity contribution is -0.223. The Morgan fingerprint density at radius 3 is 2.39 bits per heavy atom. The average molecular weight is 503 g/mol. The van der Waals surface area contributed by atoms with Gasteiger partial charge in [0.1, 0.15) is 24.1 Å². The molecule has 0 radical (unpaired) electrons. The van der Waals surface area contributed by atoms with Crippen molar-refractivity contribution in [2.75, 3.05) is 6.61 Å². The van der Waals surface area contributed by atoms with Crippen molar-refractivity contribution in [3.8, 4) is 0 Å². The van der Waals surface area contributed by atoms with Gasteiger partial charge in [-0.3, -0.25) is 9.59 Å². The van der Waals surface area contributed by atoms with Crippen molar-refractivity contribution in [1.82, 2.24) is 0 Å². The smallest absolute Gasteiger partial charge is 0.339 e. The highest BCUT2D eigenvalue weighted by atomic mass is 16.7. The highest BCUT2D eigenvalue weighted by molar-refractivity contribution is 5.94. The predicted octanol–water partition coefficient (Wildman–Crippen LogP) is 0.973. The van der Waals surface area contributed by atoms with Gasteiger partial charge in [0.05, 0.1) is 23.5 Å². The van der Waals surface area contributed by atoms with Crippen LogP contribution in [0, 0.1) is 28.1 Å². The van der Waals surface area contributed by atoms with Crippen LogP contribution in [0.2, 0.25) is 0 Å². The summed E-state index contributed by atoms with van der Waals surface area (Å²) < 4.78 is 29.1. The van der Waals surface area contributed by atoms with Crippen LogP contribution in [0.4, 0.5) is 0 Å². The maximum Gasteiger partial charge on any atom is 0.339 e. The first-order chi connectivity index (χ1) is 16.8. The van der Waals surface area contributed by atoms with Crippen LogP contribution >= 0.6 is 0 Å². The molecule has 0 aromatic rings. The summed E-state index contributed by atoms with van der Waals surface area (Å²) in [7, 11) is 0. The number of aliphatic hydroxyl groups is 1. The van der Waals surface area contributed by atoms with Crippen LogP contribution < -0.4 is 0 Å². The molecule has 36 heavy (non-hydrogen) atoms. The molecule has 0 amide bonds. The molecule has 1 N–H and O–H groups in total. The third kappa shape index (κ3) is 2.23. The summed E-state index contributed by atoms with van der Waals surface area (Å²) in [4.78, 5) is 51.7. The molecule has 2 aliphatic carbocycles. The van der Waals surface area contributed by atoms with Crippen molar-refractivity contribution < 1.29 is 48.0 Å². The number of cyclic esters (lactones) is 3. The summed E-state index contributed by atoms with van der Waals surface area (Å²) >= 11 is 0. The van der Waals surface area contributed by atoms with Gasteiger partial charge in [-0.1, -0.05) is 6.92 Å². The Balaban J connectivity index is 1.39. The maximum atomic E-state index is 14.3. The van der Waals surface area contributed by atoms with E-state index in [1.165, 1.54) is 6.08 Å². The zero-order chi connectivity index (χ0) is 25.6. The molecular formula is C26H30O10. The number of rotatable bonds is 1. The van der Waals surface area contributed by atoms with E-state index in [9.17, 15) is 24.3 Å². The second-order valence-electron chi connectivity index (χ2n) is 12.6. The number of fused-ring (bicyclic) bond motifs is 1. The minimum Gasteiger partial charge on any atom is -0.465 e. The standard InChI is InChI=1S/C26H30O10/c1-22(2)13-8-14(27)24(4)12(25(13)10-32-16(28)9-15(25)35-22)5-6-23(3)18(11-7-17(29)33-20(11)30)34-21(31)19-26(23,24)36-19/h7,12-13,15,18-20,30H,5-6,8-10H2,1-4H3. The summed E-state index contributed by atoms with van der Waals surface area (Å²) in [6, 6.07) is 0. The van der Waals surface area contributed by atoms with Gasteiger partial charge in [-0.05, 0) is 39.5 Å². The molecule has 7 rings (SSSR count). The van der Waals surface area contributed by atoms with E-state index >= 15 is 0 Å². The Morgan fingerprint density at radius 1 is 0.944 bits per heavy atom. The molecule has 5 aliphatic heterocycles. The van der Waals surface area contributed by atoms with Crippen molar-refractivity contribution in [3.05, 3.63) is 11.6 Å². The monoisotopic (exact) mass is 502 g/mol. The summed E-state index contributed by atoms with van der Waals surface area (Å²) in [5.74, 6) is -2.06. The van der Waals surface area contributed by atoms with Gasteiger partial charge in [0.2, 0.25) is 6.29 Å². The van der Waals surface area contributed by atoms with Crippen LogP contribution in [0.5, 0.6) is 0 Å². The molecule has 194 valence electrons. The zero-order valence-corrected chi connectivity index (χ0v) is 20.7. The number of epoxide rings is 1. The number of hydrogen-bond acceptors (Lipinski definition) is 10. The van der Waals surface area contributed by atoms with Gasteiger partial charge in [0, 0.05) is 34.8 Å². The van der Waals surface area contributed by atoms with Gasteiger partial charge in [0.25, 0.3) is 0 Å². The van der Waals surface area contributed by atoms with E-state index in [-0.39, 0.29) is 48.6 Å². The molecule has 2 saturated carbocycles. The van der Waals surface area contributed by atoms with E-state index < -0.39 is 64.0 Å². The summed E-state index contributed by atoms with van der Waals surface area (Å²) in [5.41, 5.74) is -4.23. The largest absolute Gasteiger partial charge is 0.465 e. The van der Waals surface area contributed by atoms with E-state index in [1.54, 1.807) is 0 Å². The third-order valence-corrected chi connectivity index (χ3v) is 11.0. The molecule has 10 unspecified atom stereocenters. The van der Waals surface area contributed by atoms with Gasteiger partial charge in [-0.15, -0.1) is 0 Å². The lowest BCUT2D eigenvalue weighted by atomic mass is 9.37. The van der Waals surface area contributed by atoms with Crippen LogP contribution in [0.1, 0.15) is 53.4 Å². The fourth-order valence-electron chi connectivity index (χ4n) is 9.54. The quantitative estimate of drug-likeness (QED) is 0.314. The molecule has 4 saturated heterocycles. The fourth-order valence-corrected chi connectivity index (χ4v) is 9.54. The summed E-state index contributed by atoms with van der Waals surface area (Å²) in [6.07, 6.45) is -1.25. The average Bonchev–Trinajstić information content (AvgIpc) is 3.43. The second kappa shape index (κ2) is 6.39. The highest BCUT2D eigenvalue weighted by Crippen LogP contribution is 2.78. The van der Waals surface area contributed by atoms with E-state index in [0.717, 1.165) is 0 Å². The number of carbonyl (C=O) groups excluding carboxylic acids is 4. The van der Waals surface area contributed by atoms with Crippen LogP contribution in [-0.4, -0.2) is 71.2 Å². The van der Waals surface area contributed by atoms with E-state index in [2.05, 4.69) is 0 Å². The minimum absolute atomic E-state index is 0.00694. The molecule has 0 aromatic heterocycles. The predicted molar refractivity (Wildman–Crippen MR) is 117 cm³/mol. The Kier molecular flexibility index (Phi) is 4.06. The highest BCUT2D eigenvalue weighted by Gasteiger charge is 2.90. The van der Waals surface area contributed by atoms with E-state index in [0.29, 0.717) is 12.8 Å². The molecule has 5 heterocycles. The molecule has 0 bridgehead atoms. The first-order valence-electron chi connectivity index (χ1n) is 12.7. The van der Waals surface area contributed by atoms with Crippen molar-refractivity contribution >= 4 is 23.7 Å². The zero-order valence-electron chi connectivity index (χ0n) is 20.7. The molecule has 6 fully saturated rings. The van der Waals surface area contributed by atoms with Gasteiger partial charge in [0.15, 0.2) is 6.10 Å². The summed E-state index contributed by atoms with van der Waals surface area (Å²) in [5, 5.41) is 10.4. The Labute approximate surface area is 207 Å². The lowest BCUT2D eigenvalue weighted by Crippen LogP contribution is -2.74. The topological polar surface area (TPSA) is 138 Å². The molecule has 2 spiro atoms. The van der Waals surface area contributed by atoms with Gasteiger partial charge in [-0.2, -0.15) is 0 Å². The first kappa shape index (κ1) is 22.9. The van der Waals surface area contributed by atoms with Gasteiger partial charge < -0.3 is 28.8 Å². The van der Waals surface area contributed by atoms with Crippen molar-refractivity contribution in [2.45, 2.75) is 89.2 Å². The SMILES string of the molecule is CC1(C)OC2CC(=O)OCC23C1CC(=O)C1(C)C3CCC2(C)C(C3=CC(=O)OC3O)OC(=O)C3OC321. The molecule has 0 aromatic carbocycles. The van der Waals surface area contributed by atoms with Crippen molar-refractivity contribution in [1.29, 1.82) is 0 Å². The fraction of sp³-hybridized carbons (Fsp3) is 0.769. The Hall–Kier alpha value is -2.30. The van der Waals surface area contributed by atoms with Crippen LogP contribution in [-0.2, 0) is 42.9 Å². The van der Waals surface area contributed by atoms with E-state index in [1.807, 2.05) is 27.7 Å². The van der Waals surface area contributed by atoms with Gasteiger partial charge >= 0.3 is 17.9 Å². The number of hydrogen-bond donors (Lipinski definition) is 1. The summed E-state index contributed by atoms with van der Waals surface area (Å²) in [6.45, 7) is 7.90. The first-order valence-corrected chi connectivity index (χ1v) is 12.7. The normalized spacial score (nSPS) is 54.1. The van der Waals surface area contributed by atoms with Crippen LogP contribution in [0.15, 0.2) is 11.6 Å². The number of carbonyl (C=O) groups is 4. The van der Waals surface area contributed by atoms with Crippen molar-refractivity contribution in [2.24, 2.45) is 28.1 Å². The molecule has 10 heteroatoms. The number of esters is 3. The van der Waals surface area contributed by atoms with E-state index in [4.69, 9.17) is 23.7 Å². The number of Topliss-reactive ketones (excluding diaryl/α,β-unsaturated/α-hetero) is 1. The Morgan fingerprint density at radius 2 is 1.69 bits per heavy atom. The minimum atomic E-state index is -1.53.